The molecule has 0 N–H and O–H groups in total. The van der Waals surface area contributed by atoms with Crippen molar-refractivity contribution in [3.63, 3.8) is 0 Å². The minimum absolute atomic E-state index is 0.00582. The number of hydrogen-bond acceptors (Lipinski definition) is 10. The third-order valence-electron chi connectivity index (χ3n) is 13.9. The molecule has 0 aliphatic carbocycles. The van der Waals surface area contributed by atoms with E-state index in [-0.39, 0.29) is 104 Å². The van der Waals surface area contributed by atoms with E-state index in [1.54, 1.807) is 12.1 Å². The molecular formula is C54H44N4O10. The molecular weight excluding hydrogens is 865 g/mol. The molecule has 6 aromatic rings. The lowest BCUT2D eigenvalue weighted by atomic mass is 9.83. The Labute approximate surface area is 390 Å². The van der Waals surface area contributed by atoms with Crippen LogP contribution in [0.3, 0.4) is 0 Å². The molecule has 18 heterocycles. The van der Waals surface area contributed by atoms with Gasteiger partial charge < -0.3 is 9.47 Å². The molecule has 0 unspecified atom stereocenters. The van der Waals surface area contributed by atoms with Gasteiger partial charge in [0.1, 0.15) is 11.5 Å². The Morgan fingerprint density at radius 1 is 0.353 bits per heavy atom. The van der Waals surface area contributed by atoms with Gasteiger partial charge in [-0.1, -0.05) is 77.9 Å². The molecule has 8 amide bonds. The minimum atomic E-state index is -0.711. The second kappa shape index (κ2) is 14.3. The number of imide groups is 4. The maximum absolute atomic E-state index is 14.9. The summed E-state index contributed by atoms with van der Waals surface area (Å²) in [4.78, 5) is 122. The summed E-state index contributed by atoms with van der Waals surface area (Å²) in [6, 6.07) is 19.9. The number of carbonyl (C=O) groups excluding carboxylic acids is 8. The first-order valence-electron chi connectivity index (χ1n) is 22.3. The Kier molecular flexibility index (Phi) is 8.93. The van der Waals surface area contributed by atoms with Crippen molar-refractivity contribution in [1.29, 1.82) is 0 Å². The zero-order valence-electron chi connectivity index (χ0n) is 38.6. The van der Waals surface area contributed by atoms with Gasteiger partial charge in [0, 0.05) is 43.8 Å². The predicted octanol–water partition coefficient (Wildman–Crippen LogP) is 8.10. The van der Waals surface area contributed by atoms with E-state index < -0.39 is 58.1 Å². The third kappa shape index (κ3) is 5.95. The van der Waals surface area contributed by atoms with Crippen LogP contribution < -0.4 is 9.47 Å². The summed E-state index contributed by atoms with van der Waals surface area (Å²) in [5, 5.41) is 0.651. The minimum Gasteiger partial charge on any atom is -0.496 e. The maximum Gasteiger partial charge on any atom is 0.265 e. The second-order valence-electron chi connectivity index (χ2n) is 20.2. The van der Waals surface area contributed by atoms with Crippen LogP contribution in [-0.4, -0.2) is 81.1 Å². The van der Waals surface area contributed by atoms with Crippen LogP contribution >= 0.6 is 0 Å². The van der Waals surface area contributed by atoms with E-state index in [0.29, 0.717) is 22.3 Å². The number of methoxy groups -OCH3 is 2. The lowest BCUT2D eigenvalue weighted by Crippen LogP contribution is -2.43. The fourth-order valence-corrected chi connectivity index (χ4v) is 10.5. The molecule has 20 bridgehead atoms. The number of nitrogens with zero attached hydrogens (tertiary/aromatic N) is 4. The van der Waals surface area contributed by atoms with Crippen LogP contribution in [0.5, 0.6) is 11.5 Å². The average molecular weight is 909 g/mol. The first-order valence-corrected chi connectivity index (χ1v) is 22.3. The molecule has 0 fully saturated rings. The molecule has 0 aromatic heterocycles. The van der Waals surface area contributed by atoms with E-state index in [0.717, 1.165) is 30.7 Å². The van der Waals surface area contributed by atoms with Crippen LogP contribution in [0, 0.1) is 0 Å². The lowest BCUT2D eigenvalue weighted by Gasteiger charge is -2.34. The lowest BCUT2D eigenvalue weighted by molar-refractivity contribution is 0.0571. The quantitative estimate of drug-likeness (QED) is 0.155. The first-order chi connectivity index (χ1) is 32.2. The molecule has 14 nitrogen and oxygen atoms in total. The molecule has 0 atom stereocenters. The Bertz CT molecular complexity index is 3180. The summed E-state index contributed by atoms with van der Waals surface area (Å²) in [6.07, 6.45) is 0. The van der Waals surface area contributed by atoms with E-state index in [1.165, 1.54) is 50.6 Å². The molecule has 24 rings (SSSR count). The number of benzene rings is 6. The maximum atomic E-state index is 14.9. The molecule has 68 heavy (non-hydrogen) atoms. The van der Waals surface area contributed by atoms with Gasteiger partial charge >= 0.3 is 0 Å². The van der Waals surface area contributed by atoms with Crippen LogP contribution in [0.2, 0.25) is 0 Å². The van der Waals surface area contributed by atoms with Crippen LogP contribution in [0.25, 0.3) is 21.5 Å². The molecule has 6 aromatic carbocycles. The monoisotopic (exact) mass is 908 g/mol. The zero-order chi connectivity index (χ0) is 48.2. The topological polar surface area (TPSA) is 168 Å². The molecule has 0 saturated carbocycles. The van der Waals surface area contributed by atoms with Gasteiger partial charge in [0.2, 0.25) is 0 Å². The van der Waals surface area contributed by atoms with Crippen molar-refractivity contribution < 1.29 is 47.8 Å². The predicted molar refractivity (Wildman–Crippen MR) is 248 cm³/mol. The Morgan fingerprint density at radius 3 is 0.882 bits per heavy atom. The summed E-state index contributed by atoms with van der Waals surface area (Å²) in [6.45, 7) is 11.1. The van der Waals surface area contributed by atoms with Crippen molar-refractivity contribution in [1.82, 2.24) is 19.6 Å². The fourth-order valence-electron chi connectivity index (χ4n) is 10.5. The van der Waals surface area contributed by atoms with Gasteiger partial charge in [-0.05, 0) is 80.6 Å². The van der Waals surface area contributed by atoms with Gasteiger partial charge in [0.25, 0.3) is 47.3 Å². The van der Waals surface area contributed by atoms with Crippen molar-refractivity contribution in [2.45, 2.75) is 78.6 Å². The highest BCUT2D eigenvalue weighted by atomic mass is 16.5. The summed E-state index contributed by atoms with van der Waals surface area (Å²) >= 11 is 0. The van der Waals surface area contributed by atoms with Crippen LogP contribution in [0.4, 0.5) is 0 Å². The third-order valence-corrected chi connectivity index (χ3v) is 13.9. The van der Waals surface area contributed by atoms with E-state index in [1.807, 2.05) is 65.8 Å². The van der Waals surface area contributed by atoms with Gasteiger partial charge in [-0.3, -0.25) is 58.0 Å². The molecule has 0 saturated heterocycles. The molecule has 340 valence electrons. The summed E-state index contributed by atoms with van der Waals surface area (Å²) in [5.41, 5.74) is 3.47. The number of carbonyl (C=O) groups is 8. The van der Waals surface area contributed by atoms with E-state index >= 15 is 0 Å². The highest BCUT2D eigenvalue weighted by Crippen LogP contribution is 2.47. The zero-order valence-corrected chi connectivity index (χ0v) is 38.6. The largest absolute Gasteiger partial charge is 0.496 e. The summed E-state index contributed by atoms with van der Waals surface area (Å²) < 4.78 is 11.6. The Balaban J connectivity index is 1.15. The Hall–Kier alpha value is -8.00. The number of ether oxygens (including phenoxy) is 2. The normalized spacial score (nSPS) is 16.7. The highest BCUT2D eigenvalue weighted by molar-refractivity contribution is 6.36. The number of rotatable bonds is 2. The molecule has 0 spiro atoms. The molecule has 18 aliphatic heterocycles. The second-order valence-corrected chi connectivity index (χ2v) is 20.2. The van der Waals surface area contributed by atoms with Gasteiger partial charge in [-0.2, -0.15) is 0 Å². The number of hydrogen-bond donors (Lipinski definition) is 0. The summed E-state index contributed by atoms with van der Waals surface area (Å²) in [7, 11) is 2.71. The standard InChI is InChI=1S/C54H44N4O10/c1-53(2,3)29-15-25-13-27(17-29)23-57-49(63)35-19-38(68-8)44-42-36(20-37(67-7)43(41(35)42)51(57)65)50(64)58(52(44)66)24-28-14-26(16-30(18-28)54(4,5)6)22-56-47(61)33-11-9-31-39-32(46(60)55(21-25)45(31)59)10-12-34(40(33)39)48(56)62/h9-20H,21-24H2,1-8H3. The van der Waals surface area contributed by atoms with Gasteiger partial charge in [0.05, 0.1) is 62.7 Å². The van der Waals surface area contributed by atoms with Crippen molar-refractivity contribution in [2.75, 3.05) is 14.2 Å². The van der Waals surface area contributed by atoms with Gasteiger partial charge in [-0.25, -0.2) is 0 Å². The first kappa shape index (κ1) is 42.6. The van der Waals surface area contributed by atoms with Crippen molar-refractivity contribution in [2.24, 2.45) is 0 Å². The fraction of sp³-hybridized carbons (Fsp3) is 0.259. The van der Waals surface area contributed by atoms with Gasteiger partial charge in [0.15, 0.2) is 0 Å². The van der Waals surface area contributed by atoms with Crippen molar-refractivity contribution in [3.05, 3.63) is 151 Å². The van der Waals surface area contributed by atoms with Crippen molar-refractivity contribution in [3.8, 4) is 11.5 Å². The Morgan fingerprint density at radius 2 is 0.618 bits per heavy atom. The average Bonchev–Trinajstić information content (AvgIpc) is 3.30. The molecule has 0 radical (unpaired) electrons. The highest BCUT2D eigenvalue weighted by Gasteiger charge is 2.45. The molecule has 18 aliphatic rings. The van der Waals surface area contributed by atoms with E-state index in [4.69, 9.17) is 9.47 Å². The van der Waals surface area contributed by atoms with Crippen LogP contribution in [0.15, 0.2) is 72.8 Å². The molecule has 14 heteroatoms. The van der Waals surface area contributed by atoms with E-state index in [9.17, 15) is 38.4 Å². The van der Waals surface area contributed by atoms with Crippen molar-refractivity contribution >= 4 is 68.8 Å². The smallest absolute Gasteiger partial charge is 0.265 e. The van der Waals surface area contributed by atoms with Crippen LogP contribution in [-0.2, 0) is 37.0 Å². The SMILES string of the molecule is COc1cc2c3c4c(OC)cc5c3c1C(=O)N(Cc1cc(cc(C(C)(C)C)c1)CN1C(=O)c3ccc6c7c(ccc(c37)C1=O)C(=O)N(Cc1cc(cc(C(C)(C)C)c1)CN(C2=O)C4=O)C6=O)C5=O. The van der Waals surface area contributed by atoms with Crippen LogP contribution in [0.1, 0.15) is 158 Å². The van der Waals surface area contributed by atoms with Gasteiger partial charge in [-0.15, -0.1) is 0 Å². The van der Waals surface area contributed by atoms with E-state index in [2.05, 4.69) is 0 Å². The summed E-state index contributed by atoms with van der Waals surface area (Å²) in [5.74, 6) is -5.21. The number of amides is 8.